The van der Waals surface area contributed by atoms with Crippen molar-refractivity contribution < 1.29 is 4.74 Å². The van der Waals surface area contributed by atoms with E-state index in [2.05, 4.69) is 33.1 Å². The molecule has 3 heterocycles. The number of aromatic amines is 1. The number of ether oxygens (including phenoxy) is 1. The Kier molecular flexibility index (Phi) is 5.76. The van der Waals surface area contributed by atoms with Crippen LogP contribution in [0.1, 0.15) is 33.6 Å². The number of thiazole rings is 1. The van der Waals surface area contributed by atoms with Crippen molar-refractivity contribution in [2.75, 3.05) is 19.7 Å². The lowest BCUT2D eigenvalue weighted by Gasteiger charge is -2.13. The number of nitrogens with zero attached hydrogens (tertiary/aromatic N) is 3. The molecule has 0 spiro atoms. The molecule has 0 bridgehead atoms. The van der Waals surface area contributed by atoms with Crippen LogP contribution >= 0.6 is 22.9 Å². The van der Waals surface area contributed by atoms with Crippen LogP contribution in [0.15, 0.2) is 36.5 Å². The first-order valence-electron chi connectivity index (χ1n) is 9.22. The van der Waals surface area contributed by atoms with E-state index in [4.69, 9.17) is 16.3 Å². The fourth-order valence-corrected chi connectivity index (χ4v) is 4.49. The van der Waals surface area contributed by atoms with Gasteiger partial charge in [-0.1, -0.05) is 23.7 Å². The van der Waals surface area contributed by atoms with Gasteiger partial charge >= 0.3 is 0 Å². The molecule has 27 heavy (non-hydrogen) atoms. The van der Waals surface area contributed by atoms with Crippen LogP contribution in [0.5, 0.6) is 5.75 Å². The number of nitrogens with one attached hydrogen (secondary N) is 1. The number of aromatic nitrogens is 3. The molecule has 0 aliphatic carbocycles. The number of benzene rings is 1. The summed E-state index contributed by atoms with van der Waals surface area (Å²) in [6, 6.07) is 9.73. The molecule has 142 valence electrons. The minimum absolute atomic E-state index is 0.494. The van der Waals surface area contributed by atoms with Crippen LogP contribution in [-0.4, -0.2) is 39.8 Å². The van der Waals surface area contributed by atoms with Crippen LogP contribution in [-0.2, 0) is 13.0 Å². The quantitative estimate of drug-likeness (QED) is 0.634. The number of aryl methyl sites for hydroxylation is 1. The maximum atomic E-state index is 6.12. The number of hydrogen-bond donors (Lipinski definition) is 1. The highest BCUT2D eigenvalue weighted by molar-refractivity contribution is 7.11. The summed E-state index contributed by atoms with van der Waals surface area (Å²) < 4.78 is 5.77. The Bertz CT molecular complexity index is 894. The van der Waals surface area contributed by atoms with Gasteiger partial charge in [-0.05, 0) is 38.1 Å². The van der Waals surface area contributed by atoms with Crippen LogP contribution in [0, 0.1) is 6.92 Å². The van der Waals surface area contributed by atoms with Crippen molar-refractivity contribution in [3.63, 3.8) is 0 Å². The second-order valence-corrected chi connectivity index (χ2v) is 8.64. The fourth-order valence-electron chi connectivity index (χ4n) is 3.47. The molecule has 1 N–H and O–H groups in total. The third-order valence-electron chi connectivity index (χ3n) is 4.86. The zero-order valence-electron chi connectivity index (χ0n) is 15.3. The van der Waals surface area contributed by atoms with Crippen molar-refractivity contribution in [1.82, 2.24) is 20.1 Å². The predicted octanol–water partition coefficient (Wildman–Crippen LogP) is 4.44. The molecule has 1 saturated heterocycles. The molecule has 1 atom stereocenters. The Labute approximate surface area is 168 Å². The average Bonchev–Trinajstić information content (AvgIpc) is 3.38. The van der Waals surface area contributed by atoms with Crippen LogP contribution in [0.2, 0.25) is 5.02 Å². The van der Waals surface area contributed by atoms with Crippen molar-refractivity contribution in [3.05, 3.63) is 62.8 Å². The summed E-state index contributed by atoms with van der Waals surface area (Å²) in [7, 11) is 0. The van der Waals surface area contributed by atoms with Crippen molar-refractivity contribution >= 4 is 22.9 Å². The van der Waals surface area contributed by atoms with Gasteiger partial charge in [0.05, 0.1) is 22.3 Å². The monoisotopic (exact) mass is 402 g/mol. The van der Waals surface area contributed by atoms with Gasteiger partial charge in [-0.2, -0.15) is 5.10 Å². The third-order valence-corrected chi connectivity index (χ3v) is 6.07. The number of hydrogen-bond acceptors (Lipinski definition) is 5. The lowest BCUT2D eigenvalue weighted by atomic mass is 10.0. The SMILES string of the molecule is Cc1ncc(CN2CC[C@@H](c3cc(CCOc4ccccc4Cl)[nH]n3)C2)s1. The number of para-hydroxylation sites is 1. The lowest BCUT2D eigenvalue weighted by molar-refractivity contribution is 0.320. The summed E-state index contributed by atoms with van der Waals surface area (Å²) in [4.78, 5) is 8.18. The van der Waals surface area contributed by atoms with Gasteiger partial charge in [0.15, 0.2) is 0 Å². The Balaban J connectivity index is 1.27. The van der Waals surface area contributed by atoms with E-state index in [9.17, 15) is 0 Å². The maximum Gasteiger partial charge on any atom is 0.137 e. The molecule has 0 unspecified atom stereocenters. The van der Waals surface area contributed by atoms with Crippen LogP contribution in [0.4, 0.5) is 0 Å². The summed E-state index contributed by atoms with van der Waals surface area (Å²) in [6.07, 6.45) is 3.94. The zero-order valence-corrected chi connectivity index (χ0v) is 16.9. The summed E-state index contributed by atoms with van der Waals surface area (Å²) in [5.41, 5.74) is 2.26. The molecule has 2 aromatic heterocycles. The van der Waals surface area contributed by atoms with Crippen molar-refractivity contribution in [2.45, 2.75) is 32.2 Å². The normalized spacial score (nSPS) is 17.5. The van der Waals surface area contributed by atoms with E-state index in [0.717, 1.165) is 54.6 Å². The first-order valence-corrected chi connectivity index (χ1v) is 10.4. The number of likely N-dealkylation sites (tertiary alicyclic amines) is 1. The van der Waals surface area contributed by atoms with E-state index in [0.29, 0.717) is 17.5 Å². The second kappa shape index (κ2) is 8.42. The van der Waals surface area contributed by atoms with E-state index >= 15 is 0 Å². The molecule has 1 aromatic carbocycles. The lowest BCUT2D eigenvalue weighted by Crippen LogP contribution is -2.19. The predicted molar refractivity (Wildman–Crippen MR) is 109 cm³/mol. The molecular weight excluding hydrogens is 380 g/mol. The van der Waals surface area contributed by atoms with Crippen molar-refractivity contribution in [2.24, 2.45) is 0 Å². The van der Waals surface area contributed by atoms with E-state index in [1.165, 1.54) is 4.88 Å². The van der Waals surface area contributed by atoms with E-state index in [-0.39, 0.29) is 0 Å². The molecule has 1 aliphatic rings. The van der Waals surface area contributed by atoms with Crippen LogP contribution < -0.4 is 4.74 Å². The summed E-state index contributed by atoms with van der Waals surface area (Å²) in [6.45, 7) is 5.79. The summed E-state index contributed by atoms with van der Waals surface area (Å²) in [5.74, 6) is 1.22. The van der Waals surface area contributed by atoms with E-state index < -0.39 is 0 Å². The molecule has 0 amide bonds. The topological polar surface area (TPSA) is 54.0 Å². The minimum Gasteiger partial charge on any atom is -0.492 e. The standard InChI is InChI=1S/C20H23ClN4OS/c1-14-22-11-17(27-14)13-25-8-6-15(12-25)19-10-16(23-24-19)7-9-26-20-5-3-2-4-18(20)21/h2-5,10-11,15H,6-9,12-13H2,1H3,(H,23,24)/t15-/m1/s1. The molecule has 0 saturated carbocycles. The number of rotatable bonds is 7. The maximum absolute atomic E-state index is 6.12. The molecule has 4 rings (SSSR count). The Hall–Kier alpha value is -1.89. The smallest absolute Gasteiger partial charge is 0.137 e. The highest BCUT2D eigenvalue weighted by atomic mass is 35.5. The molecule has 7 heteroatoms. The van der Waals surface area contributed by atoms with Gasteiger partial charge in [0, 0.05) is 42.2 Å². The summed E-state index contributed by atoms with van der Waals surface area (Å²) >= 11 is 7.90. The first-order chi connectivity index (χ1) is 13.2. The van der Waals surface area contributed by atoms with Gasteiger partial charge in [-0.3, -0.25) is 10.00 Å². The minimum atomic E-state index is 0.494. The number of halogens is 1. The molecule has 3 aromatic rings. The molecule has 5 nitrogen and oxygen atoms in total. The molecular formula is C20H23ClN4OS. The highest BCUT2D eigenvalue weighted by Crippen LogP contribution is 2.28. The zero-order chi connectivity index (χ0) is 18.6. The van der Waals surface area contributed by atoms with Gasteiger partial charge in [0.25, 0.3) is 0 Å². The van der Waals surface area contributed by atoms with E-state index in [1.54, 1.807) is 11.3 Å². The molecule has 0 radical (unpaired) electrons. The number of H-pyrrole nitrogens is 1. The highest BCUT2D eigenvalue weighted by Gasteiger charge is 2.26. The largest absolute Gasteiger partial charge is 0.492 e. The Morgan fingerprint density at radius 3 is 3.07 bits per heavy atom. The fraction of sp³-hybridized carbons (Fsp3) is 0.400. The van der Waals surface area contributed by atoms with Crippen molar-refractivity contribution in [3.8, 4) is 5.75 Å². The Morgan fingerprint density at radius 2 is 2.26 bits per heavy atom. The third kappa shape index (κ3) is 4.69. The van der Waals surface area contributed by atoms with E-state index in [1.807, 2.05) is 30.5 Å². The molecule has 1 aliphatic heterocycles. The molecule has 1 fully saturated rings. The van der Waals surface area contributed by atoms with Gasteiger partial charge in [-0.25, -0.2) is 4.98 Å². The van der Waals surface area contributed by atoms with Gasteiger partial charge in [0.1, 0.15) is 5.75 Å². The second-order valence-electron chi connectivity index (χ2n) is 6.91. The van der Waals surface area contributed by atoms with Gasteiger partial charge in [-0.15, -0.1) is 11.3 Å². The first kappa shape index (κ1) is 18.5. The Morgan fingerprint density at radius 1 is 1.37 bits per heavy atom. The average molecular weight is 403 g/mol. The van der Waals surface area contributed by atoms with Gasteiger partial charge in [0.2, 0.25) is 0 Å². The van der Waals surface area contributed by atoms with Crippen molar-refractivity contribution in [1.29, 1.82) is 0 Å². The van der Waals surface area contributed by atoms with Crippen LogP contribution in [0.3, 0.4) is 0 Å². The van der Waals surface area contributed by atoms with Gasteiger partial charge < -0.3 is 4.74 Å². The summed E-state index contributed by atoms with van der Waals surface area (Å²) in [5, 5.41) is 9.49. The van der Waals surface area contributed by atoms with Crippen LogP contribution in [0.25, 0.3) is 0 Å².